The summed E-state index contributed by atoms with van der Waals surface area (Å²) in [5, 5.41) is 11.2. The van der Waals surface area contributed by atoms with Crippen LogP contribution in [0.1, 0.15) is 37.1 Å². The smallest absolute Gasteiger partial charge is 0.0552 e. The lowest BCUT2D eigenvalue weighted by atomic mass is 9.84. The molecule has 3 heteroatoms. The summed E-state index contributed by atoms with van der Waals surface area (Å²) in [5.41, 5.74) is 4.23. The summed E-state index contributed by atoms with van der Waals surface area (Å²) >= 11 is 0. The summed E-state index contributed by atoms with van der Waals surface area (Å²) in [4.78, 5) is 6.22. The van der Waals surface area contributed by atoms with Crippen molar-refractivity contribution in [1.82, 2.24) is 9.88 Å². The Morgan fingerprint density at radius 3 is 3.00 bits per heavy atom. The van der Waals surface area contributed by atoms with E-state index in [-0.39, 0.29) is 6.10 Å². The van der Waals surface area contributed by atoms with Crippen LogP contribution in [-0.4, -0.2) is 34.2 Å². The van der Waals surface area contributed by atoms with Crippen LogP contribution in [0.15, 0.2) is 24.3 Å². The highest BCUT2D eigenvalue weighted by atomic mass is 16.3. The van der Waals surface area contributed by atoms with Crippen molar-refractivity contribution in [2.75, 3.05) is 13.1 Å². The van der Waals surface area contributed by atoms with Crippen LogP contribution in [0, 0.1) is 5.92 Å². The zero-order valence-electron chi connectivity index (χ0n) is 12.0. The second kappa shape index (κ2) is 4.61. The number of aromatic amines is 1. The number of aliphatic hydroxyl groups is 1. The first-order chi connectivity index (χ1) is 9.74. The Balaban J connectivity index is 1.71. The molecule has 4 rings (SSSR count). The fraction of sp³-hybridized carbons (Fsp3) is 0.529. The second-order valence-corrected chi connectivity index (χ2v) is 6.40. The first kappa shape index (κ1) is 12.4. The number of H-pyrrole nitrogens is 1. The topological polar surface area (TPSA) is 39.3 Å². The van der Waals surface area contributed by atoms with Crippen LogP contribution < -0.4 is 0 Å². The molecular formula is C17H22N2O. The highest BCUT2D eigenvalue weighted by molar-refractivity contribution is 5.85. The van der Waals surface area contributed by atoms with E-state index in [0.29, 0.717) is 12.0 Å². The standard InChI is InChI=1S/C17H22N2O/c1-11(20)12-6-7-16-17-14(8-9-19(16)10-12)13-4-2-3-5-15(13)18-17/h2-5,11-12,16,18,20H,6-10H2,1H3/t11-,12-,16+/m1/s1. The average Bonchev–Trinajstić information content (AvgIpc) is 2.85. The molecule has 3 heterocycles. The van der Waals surface area contributed by atoms with E-state index in [9.17, 15) is 5.11 Å². The summed E-state index contributed by atoms with van der Waals surface area (Å²) < 4.78 is 0. The molecule has 0 unspecified atom stereocenters. The molecule has 3 nitrogen and oxygen atoms in total. The summed E-state index contributed by atoms with van der Waals surface area (Å²) in [7, 11) is 0. The zero-order valence-corrected chi connectivity index (χ0v) is 12.0. The molecule has 0 radical (unpaired) electrons. The van der Waals surface area contributed by atoms with Crippen molar-refractivity contribution in [1.29, 1.82) is 0 Å². The molecule has 1 fully saturated rings. The molecule has 1 aromatic carbocycles. The number of benzene rings is 1. The monoisotopic (exact) mass is 270 g/mol. The van der Waals surface area contributed by atoms with Gasteiger partial charge in [0.25, 0.3) is 0 Å². The van der Waals surface area contributed by atoms with Gasteiger partial charge in [-0.15, -0.1) is 0 Å². The molecule has 1 aromatic heterocycles. The lowest BCUT2D eigenvalue weighted by Gasteiger charge is -2.43. The van der Waals surface area contributed by atoms with Crippen LogP contribution in [0.5, 0.6) is 0 Å². The third kappa shape index (κ3) is 1.80. The minimum absolute atomic E-state index is 0.180. The zero-order chi connectivity index (χ0) is 13.7. The van der Waals surface area contributed by atoms with E-state index in [1.165, 1.54) is 22.2 Å². The number of fused-ring (bicyclic) bond motifs is 5. The maximum Gasteiger partial charge on any atom is 0.0552 e. The molecule has 0 saturated carbocycles. The normalized spacial score (nSPS) is 28.1. The molecule has 0 bridgehead atoms. The van der Waals surface area contributed by atoms with E-state index in [1.54, 1.807) is 0 Å². The Labute approximate surface area is 119 Å². The Bertz CT molecular complexity index is 631. The summed E-state index contributed by atoms with van der Waals surface area (Å²) in [6.45, 7) is 4.10. The molecule has 1 saturated heterocycles. The Morgan fingerprint density at radius 1 is 1.30 bits per heavy atom. The van der Waals surface area contributed by atoms with Gasteiger partial charge in [-0.2, -0.15) is 0 Å². The molecule has 2 aliphatic heterocycles. The van der Waals surface area contributed by atoms with E-state index < -0.39 is 0 Å². The molecular weight excluding hydrogens is 248 g/mol. The van der Waals surface area contributed by atoms with E-state index >= 15 is 0 Å². The Morgan fingerprint density at radius 2 is 2.15 bits per heavy atom. The number of para-hydroxylation sites is 1. The van der Waals surface area contributed by atoms with E-state index in [1.807, 2.05) is 6.92 Å². The fourth-order valence-corrected chi connectivity index (χ4v) is 4.07. The van der Waals surface area contributed by atoms with Gasteiger partial charge in [0.2, 0.25) is 0 Å². The number of nitrogens with one attached hydrogen (secondary N) is 1. The fourth-order valence-electron chi connectivity index (χ4n) is 4.07. The summed E-state index contributed by atoms with van der Waals surface area (Å²) in [6, 6.07) is 9.18. The van der Waals surface area contributed by atoms with Gasteiger partial charge < -0.3 is 10.1 Å². The van der Waals surface area contributed by atoms with Crippen molar-refractivity contribution < 1.29 is 5.11 Å². The quantitative estimate of drug-likeness (QED) is 0.836. The first-order valence-corrected chi connectivity index (χ1v) is 7.75. The van der Waals surface area contributed by atoms with Crippen LogP contribution in [-0.2, 0) is 6.42 Å². The van der Waals surface area contributed by atoms with Gasteiger partial charge in [0.1, 0.15) is 0 Å². The number of piperidine rings is 1. The van der Waals surface area contributed by atoms with Gasteiger partial charge >= 0.3 is 0 Å². The molecule has 2 aromatic rings. The van der Waals surface area contributed by atoms with Crippen molar-refractivity contribution in [3.63, 3.8) is 0 Å². The Kier molecular flexibility index (Phi) is 2.86. The van der Waals surface area contributed by atoms with E-state index in [4.69, 9.17) is 0 Å². The van der Waals surface area contributed by atoms with Crippen LogP contribution in [0.4, 0.5) is 0 Å². The van der Waals surface area contributed by atoms with Crippen molar-refractivity contribution in [3.8, 4) is 0 Å². The van der Waals surface area contributed by atoms with E-state index in [2.05, 4.69) is 34.1 Å². The van der Waals surface area contributed by atoms with Gasteiger partial charge in [-0.25, -0.2) is 0 Å². The highest BCUT2D eigenvalue weighted by Gasteiger charge is 2.36. The van der Waals surface area contributed by atoms with Gasteiger partial charge in [0, 0.05) is 29.7 Å². The van der Waals surface area contributed by atoms with Crippen LogP contribution in [0.25, 0.3) is 10.9 Å². The van der Waals surface area contributed by atoms with Crippen molar-refractivity contribution >= 4 is 10.9 Å². The number of hydrogen-bond acceptors (Lipinski definition) is 2. The highest BCUT2D eigenvalue weighted by Crippen LogP contribution is 2.41. The maximum absolute atomic E-state index is 9.84. The van der Waals surface area contributed by atoms with Crippen LogP contribution >= 0.6 is 0 Å². The van der Waals surface area contributed by atoms with Gasteiger partial charge in [-0.3, -0.25) is 4.90 Å². The van der Waals surface area contributed by atoms with Gasteiger partial charge in [0.15, 0.2) is 0 Å². The first-order valence-electron chi connectivity index (χ1n) is 7.75. The second-order valence-electron chi connectivity index (χ2n) is 6.40. The number of hydrogen-bond donors (Lipinski definition) is 2. The minimum atomic E-state index is -0.180. The summed E-state index contributed by atoms with van der Waals surface area (Å²) in [6.07, 6.45) is 3.24. The number of rotatable bonds is 1. The largest absolute Gasteiger partial charge is 0.393 e. The van der Waals surface area contributed by atoms with E-state index in [0.717, 1.165) is 32.4 Å². The predicted molar refractivity (Wildman–Crippen MR) is 80.7 cm³/mol. The minimum Gasteiger partial charge on any atom is -0.393 e. The van der Waals surface area contributed by atoms with Gasteiger partial charge in [-0.1, -0.05) is 18.2 Å². The lowest BCUT2D eigenvalue weighted by molar-refractivity contribution is 0.0289. The van der Waals surface area contributed by atoms with Gasteiger partial charge in [-0.05, 0) is 43.7 Å². The SMILES string of the molecule is C[C@@H](O)[C@@H]1CC[C@H]2c3[nH]c4ccccc4c3CCN2C1. The molecule has 2 aliphatic rings. The van der Waals surface area contributed by atoms with Crippen molar-refractivity contribution in [2.24, 2.45) is 5.92 Å². The number of aliphatic hydroxyl groups excluding tert-OH is 1. The molecule has 20 heavy (non-hydrogen) atoms. The molecule has 0 amide bonds. The number of aromatic nitrogens is 1. The van der Waals surface area contributed by atoms with Crippen LogP contribution in [0.3, 0.4) is 0 Å². The molecule has 0 aliphatic carbocycles. The van der Waals surface area contributed by atoms with Crippen molar-refractivity contribution in [2.45, 2.75) is 38.3 Å². The summed E-state index contributed by atoms with van der Waals surface area (Å²) in [5.74, 6) is 0.442. The average molecular weight is 270 g/mol. The molecule has 2 N–H and O–H groups in total. The molecule has 3 atom stereocenters. The van der Waals surface area contributed by atoms with Gasteiger partial charge in [0.05, 0.1) is 12.1 Å². The molecule has 106 valence electrons. The number of nitrogens with zero attached hydrogens (tertiary/aromatic N) is 1. The lowest BCUT2D eigenvalue weighted by Crippen LogP contribution is -2.44. The van der Waals surface area contributed by atoms with Crippen LogP contribution in [0.2, 0.25) is 0 Å². The maximum atomic E-state index is 9.84. The predicted octanol–water partition coefficient (Wildman–Crippen LogP) is 2.86. The Hall–Kier alpha value is -1.32. The van der Waals surface area contributed by atoms with Crippen molar-refractivity contribution in [3.05, 3.63) is 35.5 Å². The third-order valence-corrected chi connectivity index (χ3v) is 5.23. The molecule has 0 spiro atoms. The third-order valence-electron chi connectivity index (χ3n) is 5.23.